The zero-order valence-electron chi connectivity index (χ0n) is 12.2. The molecule has 1 N–H and O–H groups in total. The molecule has 0 radical (unpaired) electrons. The lowest BCUT2D eigenvalue weighted by molar-refractivity contribution is -0.138. The lowest BCUT2D eigenvalue weighted by Crippen LogP contribution is -2.09. The second-order valence-corrected chi connectivity index (χ2v) is 4.06. The van der Waals surface area contributed by atoms with Crippen LogP contribution in [0.2, 0.25) is 0 Å². The van der Waals surface area contributed by atoms with Crippen LogP contribution in [-0.4, -0.2) is 16.9 Å². The minimum absolute atomic E-state index is 0.131. The number of hydrogen-bond acceptors (Lipinski definition) is 2. The number of aliphatic carboxylic acids is 1. The molecule has 0 aromatic heterocycles. The second kappa shape index (κ2) is 5.48. The number of carboxylic acid groups (broad SMARTS) is 1. The summed E-state index contributed by atoms with van der Waals surface area (Å²) < 4.78 is 15.2. The van der Waals surface area contributed by atoms with Crippen LogP contribution in [0, 0.1) is 0 Å². The molecule has 0 aliphatic heterocycles. The highest BCUT2D eigenvalue weighted by Gasteiger charge is 2.16. The predicted octanol–water partition coefficient (Wildman–Crippen LogP) is 3.11. The summed E-state index contributed by atoms with van der Waals surface area (Å²) >= 11 is 0. The lowest BCUT2D eigenvalue weighted by Gasteiger charge is -2.08. The Labute approximate surface area is 114 Å². The quantitative estimate of drug-likeness (QED) is 0.855. The zero-order valence-corrected chi connectivity index (χ0v) is 10.2. The van der Waals surface area contributed by atoms with Crippen molar-refractivity contribution < 1.29 is 17.4 Å². The van der Waals surface area contributed by atoms with Gasteiger partial charge in [0.25, 0.3) is 0 Å². The van der Waals surface area contributed by atoms with Crippen LogP contribution in [0.15, 0.2) is 54.6 Å². The highest BCUT2D eigenvalue weighted by Crippen LogP contribution is 2.18. The van der Waals surface area contributed by atoms with E-state index in [4.69, 9.17) is 7.85 Å². The Morgan fingerprint density at radius 1 is 1.11 bits per heavy atom. The first-order valence-corrected chi connectivity index (χ1v) is 5.72. The SMILES string of the molecule is [2H]CC([2H])(C(=O)O)c1cccc(C(=O)c2ccccc2)c1. The van der Waals surface area contributed by atoms with Crippen LogP contribution in [0.3, 0.4) is 0 Å². The molecule has 3 heteroatoms. The van der Waals surface area contributed by atoms with Gasteiger partial charge in [0.1, 0.15) is 0 Å². The van der Waals surface area contributed by atoms with Crippen molar-refractivity contribution in [1.29, 1.82) is 0 Å². The van der Waals surface area contributed by atoms with Crippen LogP contribution in [-0.2, 0) is 4.79 Å². The Morgan fingerprint density at radius 3 is 2.42 bits per heavy atom. The molecule has 1 unspecified atom stereocenters. The molecule has 2 aromatic carbocycles. The number of hydrogen-bond donors (Lipinski definition) is 1. The molecule has 2 rings (SSSR count). The van der Waals surface area contributed by atoms with Crippen molar-refractivity contribution in [2.24, 2.45) is 0 Å². The van der Waals surface area contributed by atoms with Gasteiger partial charge in [-0.05, 0) is 18.5 Å². The monoisotopic (exact) mass is 256 g/mol. The van der Waals surface area contributed by atoms with E-state index in [1.807, 2.05) is 0 Å². The van der Waals surface area contributed by atoms with E-state index in [1.165, 1.54) is 18.2 Å². The normalized spacial score (nSPS) is 14.9. The largest absolute Gasteiger partial charge is 0.481 e. The fraction of sp³-hybridized carbons (Fsp3) is 0.125. The summed E-state index contributed by atoms with van der Waals surface area (Å²) in [7, 11) is 0. The van der Waals surface area contributed by atoms with Gasteiger partial charge in [-0.1, -0.05) is 48.5 Å². The third kappa shape index (κ3) is 2.88. The summed E-state index contributed by atoms with van der Waals surface area (Å²) in [5, 5.41) is 9.14. The van der Waals surface area contributed by atoms with Crippen LogP contribution in [0.5, 0.6) is 0 Å². The summed E-state index contributed by atoms with van der Waals surface area (Å²) in [6.45, 7) is -0.620. The van der Waals surface area contributed by atoms with Gasteiger partial charge in [0, 0.05) is 13.9 Å². The van der Waals surface area contributed by atoms with Crippen LogP contribution in [0.1, 0.15) is 37.0 Å². The molecule has 0 spiro atoms. The van der Waals surface area contributed by atoms with Crippen molar-refractivity contribution in [3.05, 3.63) is 71.3 Å². The summed E-state index contributed by atoms with van der Waals surface area (Å²) in [6, 6.07) is 14.6. The first kappa shape index (κ1) is 10.5. The molecule has 0 saturated heterocycles. The summed E-state index contributed by atoms with van der Waals surface area (Å²) in [4.78, 5) is 23.5. The Kier molecular flexibility index (Phi) is 3.03. The van der Waals surface area contributed by atoms with Crippen molar-refractivity contribution in [3.63, 3.8) is 0 Å². The molecule has 19 heavy (non-hydrogen) atoms. The highest BCUT2D eigenvalue weighted by molar-refractivity contribution is 6.09. The number of carboxylic acids is 1. The van der Waals surface area contributed by atoms with Gasteiger partial charge in [-0.3, -0.25) is 9.59 Å². The first-order valence-electron chi connectivity index (χ1n) is 6.92. The molecule has 0 aliphatic rings. The molecule has 0 saturated carbocycles. The fourth-order valence-corrected chi connectivity index (χ4v) is 1.73. The Bertz CT molecular complexity index is 670. The van der Waals surface area contributed by atoms with Gasteiger partial charge in [0.15, 0.2) is 5.78 Å². The Morgan fingerprint density at radius 2 is 1.79 bits per heavy atom. The van der Waals surface area contributed by atoms with E-state index in [1.54, 1.807) is 36.4 Å². The Balaban J connectivity index is 2.43. The van der Waals surface area contributed by atoms with Crippen molar-refractivity contribution in [3.8, 4) is 0 Å². The molecular formula is C16H14O3. The maximum atomic E-state index is 12.3. The number of carbonyl (C=O) groups is 2. The number of ketones is 1. The van der Waals surface area contributed by atoms with E-state index in [2.05, 4.69) is 0 Å². The van der Waals surface area contributed by atoms with Gasteiger partial charge in [-0.25, -0.2) is 0 Å². The second-order valence-electron chi connectivity index (χ2n) is 4.06. The predicted molar refractivity (Wildman–Crippen MR) is 72.4 cm³/mol. The first-order chi connectivity index (χ1) is 9.99. The maximum absolute atomic E-state index is 12.3. The van der Waals surface area contributed by atoms with Gasteiger partial charge in [-0.2, -0.15) is 0 Å². The summed E-state index contributed by atoms with van der Waals surface area (Å²) in [5.74, 6) is -3.70. The van der Waals surface area contributed by atoms with Crippen LogP contribution in [0.25, 0.3) is 0 Å². The molecule has 0 heterocycles. The zero-order chi connectivity index (χ0) is 15.5. The van der Waals surface area contributed by atoms with E-state index in [0.29, 0.717) is 11.1 Å². The van der Waals surface area contributed by atoms with E-state index in [-0.39, 0.29) is 11.3 Å². The molecule has 0 aliphatic carbocycles. The molecule has 0 amide bonds. The minimum Gasteiger partial charge on any atom is -0.481 e. The van der Waals surface area contributed by atoms with Gasteiger partial charge in [0.05, 0.1) is 5.89 Å². The van der Waals surface area contributed by atoms with E-state index < -0.39 is 18.8 Å². The van der Waals surface area contributed by atoms with Gasteiger partial charge in [-0.15, -0.1) is 0 Å². The van der Waals surface area contributed by atoms with Crippen molar-refractivity contribution in [1.82, 2.24) is 0 Å². The summed E-state index contributed by atoms with van der Waals surface area (Å²) in [5.41, 5.74) is 0.934. The average Bonchev–Trinajstić information content (AvgIpc) is 2.54. The molecule has 96 valence electrons. The van der Waals surface area contributed by atoms with Crippen LogP contribution in [0.4, 0.5) is 0 Å². The third-order valence-electron chi connectivity index (χ3n) is 2.77. The smallest absolute Gasteiger partial charge is 0.310 e. The number of carbonyl (C=O) groups excluding carboxylic acids is 1. The van der Waals surface area contributed by atoms with Crippen LogP contribution < -0.4 is 0 Å². The van der Waals surface area contributed by atoms with Gasteiger partial charge < -0.3 is 5.11 Å². The third-order valence-corrected chi connectivity index (χ3v) is 2.77. The molecule has 0 fully saturated rings. The molecule has 1 atom stereocenters. The van der Waals surface area contributed by atoms with Crippen molar-refractivity contribution >= 4 is 11.8 Å². The maximum Gasteiger partial charge on any atom is 0.310 e. The lowest BCUT2D eigenvalue weighted by atomic mass is 9.96. The van der Waals surface area contributed by atoms with E-state index >= 15 is 0 Å². The highest BCUT2D eigenvalue weighted by atomic mass is 16.4. The standard InChI is InChI=1S/C16H14O3/c1-11(16(18)19)13-8-5-9-14(10-13)15(17)12-6-3-2-4-7-12/h2-11H,1H3,(H,18,19)/i1D,11D. The topological polar surface area (TPSA) is 54.4 Å². The van der Waals surface area contributed by atoms with E-state index in [0.717, 1.165) is 0 Å². The number of benzene rings is 2. The molecule has 0 bridgehead atoms. The van der Waals surface area contributed by atoms with Crippen molar-refractivity contribution in [2.75, 3.05) is 0 Å². The van der Waals surface area contributed by atoms with Crippen LogP contribution >= 0.6 is 0 Å². The van der Waals surface area contributed by atoms with Gasteiger partial charge in [0.2, 0.25) is 0 Å². The fourth-order valence-electron chi connectivity index (χ4n) is 1.73. The van der Waals surface area contributed by atoms with E-state index in [9.17, 15) is 9.59 Å². The average molecular weight is 256 g/mol. The minimum atomic E-state index is -2.06. The summed E-state index contributed by atoms with van der Waals surface area (Å²) in [6.07, 6.45) is 0. The number of rotatable bonds is 4. The van der Waals surface area contributed by atoms with Crippen molar-refractivity contribution in [2.45, 2.75) is 12.8 Å². The molecular weight excluding hydrogens is 240 g/mol. The Hall–Kier alpha value is -2.42. The van der Waals surface area contributed by atoms with Gasteiger partial charge >= 0.3 is 5.97 Å². The molecule has 3 nitrogen and oxygen atoms in total. The molecule has 2 aromatic rings.